The number of nitrogens with one attached hydrogen (secondary N) is 3. The Morgan fingerprint density at radius 3 is 2.65 bits per heavy atom. The first kappa shape index (κ1) is 15.9. The molecule has 0 spiro atoms. The minimum atomic E-state index is -0.327. The molecule has 0 saturated heterocycles. The second-order valence-electron chi connectivity index (χ2n) is 4.88. The lowest BCUT2D eigenvalue weighted by Gasteiger charge is -2.20. The van der Waals surface area contributed by atoms with Crippen LogP contribution in [0, 0.1) is 5.92 Å². The molecule has 20 heavy (non-hydrogen) atoms. The number of hydrogen-bond acceptors (Lipinski definition) is 3. The van der Waals surface area contributed by atoms with Crippen molar-refractivity contribution in [2.45, 2.75) is 33.2 Å². The van der Waals surface area contributed by atoms with Crippen molar-refractivity contribution in [1.29, 1.82) is 0 Å². The Morgan fingerprint density at radius 1 is 1.35 bits per heavy atom. The van der Waals surface area contributed by atoms with Crippen LogP contribution in [0.5, 0.6) is 0 Å². The maximum absolute atomic E-state index is 11.7. The van der Waals surface area contributed by atoms with Crippen LogP contribution in [0.4, 0.5) is 10.5 Å². The number of nitrogens with zero attached hydrogens (tertiary/aromatic N) is 1. The molecule has 0 fully saturated rings. The molecule has 6 nitrogen and oxygen atoms in total. The van der Waals surface area contributed by atoms with Crippen LogP contribution in [0.25, 0.3) is 0 Å². The van der Waals surface area contributed by atoms with Crippen molar-refractivity contribution in [2.75, 3.05) is 11.9 Å². The van der Waals surface area contributed by atoms with Gasteiger partial charge in [0.25, 0.3) is 0 Å². The third-order valence-corrected chi connectivity index (χ3v) is 2.92. The number of anilines is 1. The van der Waals surface area contributed by atoms with E-state index in [2.05, 4.69) is 20.9 Å². The zero-order chi connectivity index (χ0) is 15.0. The van der Waals surface area contributed by atoms with Crippen LogP contribution in [0.15, 0.2) is 24.5 Å². The summed E-state index contributed by atoms with van der Waals surface area (Å²) < 4.78 is 0. The molecule has 3 N–H and O–H groups in total. The first-order valence-electron chi connectivity index (χ1n) is 6.77. The van der Waals surface area contributed by atoms with E-state index in [4.69, 9.17) is 0 Å². The normalized spacial score (nSPS) is 11.8. The maximum Gasteiger partial charge on any atom is 0.315 e. The Bertz CT molecular complexity index is 434. The predicted octanol–water partition coefficient (Wildman–Crippen LogP) is 1.75. The van der Waals surface area contributed by atoms with E-state index in [9.17, 15) is 9.59 Å². The van der Waals surface area contributed by atoms with Gasteiger partial charge in [-0.1, -0.05) is 20.8 Å². The number of rotatable bonds is 6. The quantitative estimate of drug-likeness (QED) is 0.741. The van der Waals surface area contributed by atoms with Crippen molar-refractivity contribution in [3.63, 3.8) is 0 Å². The Hall–Kier alpha value is -2.11. The summed E-state index contributed by atoms with van der Waals surface area (Å²) in [5, 5.41) is 8.03. The van der Waals surface area contributed by atoms with Crippen molar-refractivity contribution in [3.05, 3.63) is 24.5 Å². The Kier molecular flexibility index (Phi) is 6.49. The molecule has 0 aliphatic heterocycles. The Morgan fingerprint density at radius 2 is 2.10 bits per heavy atom. The van der Waals surface area contributed by atoms with Crippen molar-refractivity contribution >= 4 is 17.6 Å². The zero-order valence-electron chi connectivity index (χ0n) is 12.1. The zero-order valence-corrected chi connectivity index (χ0v) is 12.1. The van der Waals surface area contributed by atoms with Crippen molar-refractivity contribution in [1.82, 2.24) is 15.6 Å². The average Bonchev–Trinajstić information content (AvgIpc) is 2.43. The van der Waals surface area contributed by atoms with Crippen molar-refractivity contribution in [3.8, 4) is 0 Å². The van der Waals surface area contributed by atoms with E-state index in [0.29, 0.717) is 11.6 Å². The number of carbonyl (C=O) groups is 2. The third kappa shape index (κ3) is 5.69. The molecule has 1 heterocycles. The predicted molar refractivity (Wildman–Crippen MR) is 78.3 cm³/mol. The van der Waals surface area contributed by atoms with E-state index in [1.54, 1.807) is 24.5 Å². The van der Waals surface area contributed by atoms with E-state index in [1.165, 1.54) is 0 Å². The van der Waals surface area contributed by atoms with Gasteiger partial charge in [0.05, 0.1) is 18.4 Å². The van der Waals surface area contributed by atoms with Crippen LogP contribution in [0.2, 0.25) is 0 Å². The standard InChI is InChI=1S/C14H22N4O2/c1-4-12(10(2)3)18-14(20)16-9-13(19)17-11-6-5-7-15-8-11/h5-8,10,12H,4,9H2,1-3H3,(H,17,19)(H2,16,18,20)/t12-/m0/s1. The highest BCUT2D eigenvalue weighted by Crippen LogP contribution is 2.04. The molecule has 0 aromatic carbocycles. The molecule has 3 amide bonds. The molecule has 1 aromatic rings. The maximum atomic E-state index is 11.7. The molecule has 6 heteroatoms. The van der Waals surface area contributed by atoms with E-state index >= 15 is 0 Å². The fourth-order valence-electron chi connectivity index (χ4n) is 1.76. The third-order valence-electron chi connectivity index (χ3n) is 2.92. The first-order chi connectivity index (χ1) is 9.52. The van der Waals surface area contributed by atoms with Crippen LogP contribution in [0.3, 0.4) is 0 Å². The highest BCUT2D eigenvalue weighted by molar-refractivity contribution is 5.94. The lowest BCUT2D eigenvalue weighted by molar-refractivity contribution is -0.115. The van der Waals surface area contributed by atoms with Gasteiger partial charge >= 0.3 is 6.03 Å². The van der Waals surface area contributed by atoms with Gasteiger partial charge < -0.3 is 16.0 Å². The van der Waals surface area contributed by atoms with Crippen molar-refractivity contribution < 1.29 is 9.59 Å². The summed E-state index contributed by atoms with van der Waals surface area (Å²) in [7, 11) is 0. The molecular formula is C14H22N4O2. The highest BCUT2D eigenvalue weighted by Gasteiger charge is 2.14. The van der Waals surface area contributed by atoms with Gasteiger partial charge in [0.1, 0.15) is 0 Å². The van der Waals surface area contributed by atoms with Gasteiger partial charge in [-0.2, -0.15) is 0 Å². The lowest BCUT2D eigenvalue weighted by atomic mass is 10.0. The molecule has 1 atom stereocenters. The van der Waals surface area contributed by atoms with Gasteiger partial charge in [-0.25, -0.2) is 4.79 Å². The van der Waals surface area contributed by atoms with E-state index in [1.807, 2.05) is 20.8 Å². The van der Waals surface area contributed by atoms with Crippen LogP contribution in [0.1, 0.15) is 27.2 Å². The summed E-state index contributed by atoms with van der Waals surface area (Å²) >= 11 is 0. The molecular weight excluding hydrogens is 256 g/mol. The molecule has 110 valence electrons. The average molecular weight is 278 g/mol. The van der Waals surface area contributed by atoms with Gasteiger partial charge in [0.15, 0.2) is 0 Å². The minimum Gasteiger partial charge on any atom is -0.335 e. The summed E-state index contributed by atoms with van der Waals surface area (Å²) in [6, 6.07) is 3.24. The second kappa shape index (κ2) is 8.14. The van der Waals surface area contributed by atoms with Crippen LogP contribution in [-0.4, -0.2) is 29.5 Å². The molecule has 0 aliphatic carbocycles. The number of carbonyl (C=O) groups excluding carboxylic acids is 2. The fraction of sp³-hybridized carbons (Fsp3) is 0.500. The topological polar surface area (TPSA) is 83.1 Å². The highest BCUT2D eigenvalue weighted by atomic mass is 16.2. The molecule has 0 saturated carbocycles. The number of urea groups is 1. The fourth-order valence-corrected chi connectivity index (χ4v) is 1.76. The molecule has 0 bridgehead atoms. The summed E-state index contributed by atoms with van der Waals surface area (Å²) in [5.41, 5.74) is 0.605. The SMILES string of the molecule is CC[C@H](NC(=O)NCC(=O)Nc1cccnc1)C(C)C. The van der Waals surface area contributed by atoms with Gasteiger partial charge in [-0.3, -0.25) is 9.78 Å². The number of amides is 3. The summed E-state index contributed by atoms with van der Waals surface area (Å²) in [6.45, 7) is 6.03. The van der Waals surface area contributed by atoms with Gasteiger partial charge in [0, 0.05) is 12.2 Å². The Labute approximate surface area is 119 Å². The van der Waals surface area contributed by atoms with E-state index in [-0.39, 0.29) is 24.5 Å². The monoisotopic (exact) mass is 278 g/mol. The van der Waals surface area contributed by atoms with Crippen LogP contribution in [-0.2, 0) is 4.79 Å². The van der Waals surface area contributed by atoms with Gasteiger partial charge in [0.2, 0.25) is 5.91 Å². The van der Waals surface area contributed by atoms with E-state index in [0.717, 1.165) is 6.42 Å². The van der Waals surface area contributed by atoms with Gasteiger partial charge in [-0.15, -0.1) is 0 Å². The molecule has 0 unspecified atom stereocenters. The van der Waals surface area contributed by atoms with Crippen LogP contribution < -0.4 is 16.0 Å². The summed E-state index contributed by atoms with van der Waals surface area (Å²) in [6.07, 6.45) is 4.02. The van der Waals surface area contributed by atoms with Crippen LogP contribution >= 0.6 is 0 Å². The molecule has 1 rings (SSSR count). The molecule has 0 radical (unpaired) electrons. The van der Waals surface area contributed by atoms with Gasteiger partial charge in [-0.05, 0) is 24.5 Å². The molecule has 0 aliphatic rings. The van der Waals surface area contributed by atoms with E-state index < -0.39 is 0 Å². The molecule has 1 aromatic heterocycles. The number of hydrogen-bond donors (Lipinski definition) is 3. The number of pyridine rings is 1. The first-order valence-corrected chi connectivity index (χ1v) is 6.77. The summed E-state index contributed by atoms with van der Waals surface area (Å²) in [4.78, 5) is 27.2. The largest absolute Gasteiger partial charge is 0.335 e. The van der Waals surface area contributed by atoms with Crippen molar-refractivity contribution in [2.24, 2.45) is 5.92 Å². The summed E-state index contributed by atoms with van der Waals surface area (Å²) in [5.74, 6) is 0.0701. The Balaban J connectivity index is 2.32. The lowest BCUT2D eigenvalue weighted by Crippen LogP contribution is -2.46. The minimum absolute atomic E-state index is 0.0741. The second-order valence-corrected chi connectivity index (χ2v) is 4.88. The smallest absolute Gasteiger partial charge is 0.315 e. The number of aromatic nitrogens is 1.